The summed E-state index contributed by atoms with van der Waals surface area (Å²) in [5.74, 6) is 0.206. The molecule has 0 aromatic carbocycles. The molecule has 98 valence electrons. The first-order valence-corrected chi connectivity index (χ1v) is 7.10. The van der Waals surface area contributed by atoms with E-state index in [1.165, 1.54) is 19.3 Å². The van der Waals surface area contributed by atoms with E-state index in [-0.39, 0.29) is 0 Å². The normalized spacial score (nSPS) is 27.6. The predicted octanol–water partition coefficient (Wildman–Crippen LogP) is 2.66. The van der Waals surface area contributed by atoms with Gasteiger partial charge in [0.15, 0.2) is 0 Å². The molecule has 1 atom stereocenters. The Balaban J connectivity index is 2.14. The summed E-state index contributed by atoms with van der Waals surface area (Å²) in [6.45, 7) is 3.99. The summed E-state index contributed by atoms with van der Waals surface area (Å²) in [5.41, 5.74) is -0.484. The number of hydrogen-bond acceptors (Lipinski definition) is 2. The molecule has 17 heavy (non-hydrogen) atoms. The lowest BCUT2D eigenvalue weighted by molar-refractivity contribution is -0.158. The van der Waals surface area contributed by atoms with Crippen LogP contribution in [-0.4, -0.2) is 24.2 Å². The van der Waals surface area contributed by atoms with Gasteiger partial charge >= 0.3 is 5.97 Å². The summed E-state index contributed by atoms with van der Waals surface area (Å²) >= 11 is 0. The van der Waals surface area contributed by atoms with Crippen LogP contribution >= 0.6 is 0 Å². The van der Waals surface area contributed by atoms with Crippen LogP contribution in [0.15, 0.2) is 0 Å². The average Bonchev–Trinajstić information content (AvgIpc) is 2.39. The fourth-order valence-corrected chi connectivity index (χ4v) is 3.81. The molecule has 1 heterocycles. The molecule has 1 saturated carbocycles. The van der Waals surface area contributed by atoms with Crippen molar-refractivity contribution in [3.63, 3.8) is 0 Å². The van der Waals surface area contributed by atoms with Crippen LogP contribution in [0.5, 0.6) is 0 Å². The molecule has 0 amide bonds. The highest BCUT2D eigenvalue weighted by atomic mass is 16.4. The van der Waals surface area contributed by atoms with E-state index in [4.69, 9.17) is 0 Å². The monoisotopic (exact) mass is 239 g/mol. The predicted molar refractivity (Wildman–Crippen MR) is 67.9 cm³/mol. The first-order chi connectivity index (χ1) is 8.15. The van der Waals surface area contributed by atoms with Gasteiger partial charge in [0.05, 0.1) is 5.41 Å². The number of rotatable bonds is 3. The maximum atomic E-state index is 11.8. The lowest BCUT2D eigenvalue weighted by Gasteiger charge is -2.43. The van der Waals surface area contributed by atoms with Crippen LogP contribution in [0.25, 0.3) is 0 Å². The standard InChI is InChI=1S/C14H25NO2/c1-14(13(16)17,11-5-3-2-4-6-11)12-7-9-15-10-8-12/h11-12,15H,2-10H2,1H3,(H,16,17). The Labute approximate surface area is 104 Å². The van der Waals surface area contributed by atoms with Crippen molar-refractivity contribution >= 4 is 5.97 Å². The summed E-state index contributed by atoms with van der Waals surface area (Å²) in [4.78, 5) is 11.8. The van der Waals surface area contributed by atoms with E-state index in [1.54, 1.807) is 0 Å². The Morgan fingerprint density at radius 3 is 2.12 bits per heavy atom. The van der Waals surface area contributed by atoms with Crippen molar-refractivity contribution in [1.29, 1.82) is 0 Å². The lowest BCUT2D eigenvalue weighted by atomic mass is 9.61. The molecular weight excluding hydrogens is 214 g/mol. The fourth-order valence-electron chi connectivity index (χ4n) is 3.81. The zero-order valence-corrected chi connectivity index (χ0v) is 10.9. The minimum atomic E-state index is -0.559. The Bertz CT molecular complexity index is 247. The Kier molecular flexibility index (Phi) is 4.08. The molecule has 0 bridgehead atoms. The second-order valence-electron chi connectivity index (χ2n) is 5.95. The summed E-state index contributed by atoms with van der Waals surface area (Å²) in [5, 5.41) is 13.1. The van der Waals surface area contributed by atoms with Crippen molar-refractivity contribution in [1.82, 2.24) is 5.32 Å². The maximum Gasteiger partial charge on any atom is 0.309 e. The summed E-state index contributed by atoms with van der Waals surface area (Å²) in [6.07, 6.45) is 8.02. The molecule has 1 unspecified atom stereocenters. The Hall–Kier alpha value is -0.570. The van der Waals surface area contributed by atoms with Crippen LogP contribution in [0.1, 0.15) is 51.9 Å². The zero-order chi connectivity index (χ0) is 12.3. The number of carboxylic acids is 1. The maximum absolute atomic E-state index is 11.8. The Morgan fingerprint density at radius 1 is 1.06 bits per heavy atom. The van der Waals surface area contributed by atoms with Crippen molar-refractivity contribution in [2.75, 3.05) is 13.1 Å². The summed E-state index contributed by atoms with van der Waals surface area (Å²) in [6, 6.07) is 0. The van der Waals surface area contributed by atoms with E-state index in [2.05, 4.69) is 5.32 Å². The molecule has 0 radical (unpaired) electrons. The van der Waals surface area contributed by atoms with Gasteiger partial charge in [-0.15, -0.1) is 0 Å². The number of carboxylic acid groups (broad SMARTS) is 1. The van der Waals surface area contributed by atoms with Gasteiger partial charge in [-0.2, -0.15) is 0 Å². The van der Waals surface area contributed by atoms with Crippen LogP contribution in [0, 0.1) is 17.3 Å². The van der Waals surface area contributed by atoms with Gasteiger partial charge in [-0.3, -0.25) is 4.79 Å². The largest absolute Gasteiger partial charge is 0.481 e. The topological polar surface area (TPSA) is 49.3 Å². The quantitative estimate of drug-likeness (QED) is 0.796. The average molecular weight is 239 g/mol. The molecule has 0 aromatic heterocycles. The first kappa shape index (κ1) is 12.9. The van der Waals surface area contributed by atoms with Crippen LogP contribution in [0.3, 0.4) is 0 Å². The second-order valence-corrected chi connectivity index (χ2v) is 5.95. The van der Waals surface area contributed by atoms with Gasteiger partial charge < -0.3 is 10.4 Å². The molecule has 0 spiro atoms. The van der Waals surface area contributed by atoms with Crippen molar-refractivity contribution in [3.05, 3.63) is 0 Å². The van der Waals surface area contributed by atoms with Crippen molar-refractivity contribution in [2.24, 2.45) is 17.3 Å². The summed E-state index contributed by atoms with van der Waals surface area (Å²) < 4.78 is 0. The third-order valence-corrected chi connectivity index (χ3v) is 5.10. The number of piperidine rings is 1. The third kappa shape index (κ3) is 2.49. The van der Waals surface area contributed by atoms with Crippen LogP contribution in [0.2, 0.25) is 0 Å². The molecule has 2 fully saturated rings. The van der Waals surface area contributed by atoms with E-state index < -0.39 is 11.4 Å². The van der Waals surface area contributed by atoms with Crippen LogP contribution in [0.4, 0.5) is 0 Å². The van der Waals surface area contributed by atoms with Gasteiger partial charge in [-0.1, -0.05) is 19.3 Å². The van der Waals surface area contributed by atoms with Gasteiger partial charge in [-0.25, -0.2) is 0 Å². The summed E-state index contributed by atoms with van der Waals surface area (Å²) in [7, 11) is 0. The molecule has 2 N–H and O–H groups in total. The lowest BCUT2D eigenvalue weighted by Crippen LogP contribution is -2.47. The van der Waals surface area contributed by atoms with Crippen LogP contribution in [-0.2, 0) is 4.79 Å². The molecule has 2 aliphatic rings. The van der Waals surface area contributed by atoms with E-state index in [1.807, 2.05) is 6.92 Å². The first-order valence-electron chi connectivity index (χ1n) is 7.10. The molecule has 2 rings (SSSR count). The highest BCUT2D eigenvalue weighted by molar-refractivity contribution is 5.75. The second kappa shape index (κ2) is 5.38. The van der Waals surface area contributed by atoms with Crippen molar-refractivity contribution in [3.8, 4) is 0 Å². The number of carbonyl (C=O) groups is 1. The van der Waals surface area contributed by atoms with Crippen LogP contribution < -0.4 is 5.32 Å². The molecule has 1 aliphatic carbocycles. The van der Waals surface area contributed by atoms with Gasteiger partial charge in [0, 0.05) is 0 Å². The SMILES string of the molecule is CC(C(=O)O)(C1CCCCC1)C1CCNCC1. The fraction of sp³-hybridized carbons (Fsp3) is 0.929. The van der Waals surface area contributed by atoms with Gasteiger partial charge in [0.2, 0.25) is 0 Å². The van der Waals surface area contributed by atoms with E-state index >= 15 is 0 Å². The van der Waals surface area contributed by atoms with Gasteiger partial charge in [0.25, 0.3) is 0 Å². The molecule has 1 aliphatic heterocycles. The Morgan fingerprint density at radius 2 is 1.59 bits per heavy atom. The van der Waals surface area contributed by atoms with Gasteiger partial charge in [-0.05, 0) is 57.5 Å². The highest BCUT2D eigenvalue weighted by Crippen LogP contribution is 2.46. The zero-order valence-electron chi connectivity index (χ0n) is 10.9. The smallest absolute Gasteiger partial charge is 0.309 e. The molecule has 1 saturated heterocycles. The third-order valence-electron chi connectivity index (χ3n) is 5.10. The van der Waals surface area contributed by atoms with E-state index in [0.717, 1.165) is 38.8 Å². The molecule has 0 aromatic rings. The van der Waals surface area contributed by atoms with Gasteiger partial charge in [0.1, 0.15) is 0 Å². The number of hydrogen-bond donors (Lipinski definition) is 2. The number of aliphatic carboxylic acids is 1. The van der Waals surface area contributed by atoms with E-state index in [0.29, 0.717) is 11.8 Å². The van der Waals surface area contributed by atoms with Crippen molar-refractivity contribution in [2.45, 2.75) is 51.9 Å². The highest BCUT2D eigenvalue weighted by Gasteiger charge is 2.47. The molecule has 3 heteroatoms. The van der Waals surface area contributed by atoms with E-state index in [9.17, 15) is 9.90 Å². The van der Waals surface area contributed by atoms with Crippen molar-refractivity contribution < 1.29 is 9.90 Å². The minimum Gasteiger partial charge on any atom is -0.481 e. The number of nitrogens with one attached hydrogen (secondary N) is 1. The molecule has 3 nitrogen and oxygen atoms in total. The molecular formula is C14H25NO2. The minimum absolute atomic E-state index is 0.365.